The molecule has 0 aromatic heterocycles. The van der Waals surface area contributed by atoms with Gasteiger partial charge in [0.1, 0.15) is 6.07 Å². The first-order chi connectivity index (χ1) is 14.2. The number of ether oxygens (including phenoxy) is 2. The first-order valence-corrected chi connectivity index (χ1v) is 9.72. The van der Waals surface area contributed by atoms with Gasteiger partial charge in [0.2, 0.25) is 5.91 Å². The molecule has 1 amide bonds. The number of anilines is 2. The summed E-state index contributed by atoms with van der Waals surface area (Å²) in [6.45, 7) is 1.98. The third kappa shape index (κ3) is 5.52. The van der Waals surface area contributed by atoms with Gasteiger partial charge in [0.05, 0.1) is 18.5 Å². The van der Waals surface area contributed by atoms with Gasteiger partial charge in [0.25, 0.3) is 0 Å². The standard InChI is InChI=1S/C23H25N3O3/c1-28-22-17-18(9-11-21(22)29-16-13-24)10-12-23(27)25-19-7-3-4-8-20(19)26-14-5-2-6-15-26/h3-4,7-12,17H,2,5-6,14-16H2,1H3,(H,25,27)/b12-10+. The molecule has 6 heteroatoms. The van der Waals surface area contributed by atoms with Crippen LogP contribution < -0.4 is 19.7 Å². The van der Waals surface area contributed by atoms with Crippen LogP contribution in [0.25, 0.3) is 6.08 Å². The van der Waals surface area contributed by atoms with Crippen LogP contribution in [0.2, 0.25) is 0 Å². The van der Waals surface area contributed by atoms with Gasteiger partial charge in [-0.25, -0.2) is 0 Å². The molecule has 1 saturated heterocycles. The van der Waals surface area contributed by atoms with Crippen molar-refractivity contribution in [3.63, 3.8) is 0 Å². The maximum absolute atomic E-state index is 12.5. The molecule has 0 radical (unpaired) electrons. The predicted molar refractivity (Wildman–Crippen MR) is 114 cm³/mol. The Balaban J connectivity index is 1.68. The van der Waals surface area contributed by atoms with Crippen LogP contribution in [-0.4, -0.2) is 32.7 Å². The lowest BCUT2D eigenvalue weighted by molar-refractivity contribution is -0.111. The van der Waals surface area contributed by atoms with E-state index in [4.69, 9.17) is 14.7 Å². The number of hydrogen-bond donors (Lipinski definition) is 1. The minimum Gasteiger partial charge on any atom is -0.493 e. The molecular weight excluding hydrogens is 366 g/mol. The molecule has 1 fully saturated rings. The average Bonchev–Trinajstić information content (AvgIpc) is 2.77. The second kappa shape index (κ2) is 10.2. The number of carbonyl (C=O) groups excluding carboxylic acids is 1. The molecule has 2 aromatic carbocycles. The van der Waals surface area contributed by atoms with Crippen molar-refractivity contribution in [2.75, 3.05) is 37.0 Å². The number of amides is 1. The molecule has 150 valence electrons. The first kappa shape index (κ1) is 20.3. The number of nitriles is 1. The van der Waals surface area contributed by atoms with E-state index in [0.29, 0.717) is 11.5 Å². The molecule has 0 spiro atoms. The summed E-state index contributed by atoms with van der Waals surface area (Å²) >= 11 is 0. The van der Waals surface area contributed by atoms with E-state index in [9.17, 15) is 4.79 Å². The van der Waals surface area contributed by atoms with Gasteiger partial charge in [-0.3, -0.25) is 4.79 Å². The van der Waals surface area contributed by atoms with Gasteiger partial charge in [-0.05, 0) is 55.2 Å². The van der Waals surface area contributed by atoms with Crippen molar-refractivity contribution >= 4 is 23.4 Å². The Kier molecular flexibility index (Phi) is 7.12. The maximum atomic E-state index is 12.5. The first-order valence-electron chi connectivity index (χ1n) is 9.72. The topological polar surface area (TPSA) is 74.6 Å². The molecule has 1 heterocycles. The number of para-hydroxylation sites is 2. The van der Waals surface area contributed by atoms with Crippen molar-refractivity contribution in [3.8, 4) is 17.6 Å². The van der Waals surface area contributed by atoms with E-state index < -0.39 is 0 Å². The summed E-state index contributed by atoms with van der Waals surface area (Å²) in [6.07, 6.45) is 6.83. The smallest absolute Gasteiger partial charge is 0.248 e. The number of hydrogen-bond acceptors (Lipinski definition) is 5. The average molecular weight is 391 g/mol. The third-order valence-corrected chi connectivity index (χ3v) is 4.77. The Bertz CT molecular complexity index is 912. The fourth-order valence-electron chi connectivity index (χ4n) is 3.35. The van der Waals surface area contributed by atoms with Crippen LogP contribution >= 0.6 is 0 Å². The SMILES string of the molecule is COc1cc(/C=C/C(=O)Nc2ccccc2N2CCCCC2)ccc1OCC#N. The van der Waals surface area contributed by atoms with E-state index in [2.05, 4.69) is 16.3 Å². The van der Waals surface area contributed by atoms with Gasteiger partial charge in [-0.2, -0.15) is 5.26 Å². The second-order valence-corrected chi connectivity index (χ2v) is 6.74. The molecule has 0 saturated carbocycles. The summed E-state index contributed by atoms with van der Waals surface area (Å²) in [4.78, 5) is 14.8. The molecule has 2 aromatic rings. The number of rotatable bonds is 7. The highest BCUT2D eigenvalue weighted by Crippen LogP contribution is 2.29. The van der Waals surface area contributed by atoms with Crippen LogP contribution in [0, 0.1) is 11.3 Å². The summed E-state index contributed by atoms with van der Waals surface area (Å²) in [5, 5.41) is 11.6. The minimum atomic E-state index is -0.196. The normalized spacial score (nSPS) is 13.7. The Morgan fingerprint density at radius 2 is 1.97 bits per heavy atom. The van der Waals surface area contributed by atoms with Crippen molar-refractivity contribution < 1.29 is 14.3 Å². The molecular formula is C23H25N3O3. The molecule has 0 unspecified atom stereocenters. The lowest BCUT2D eigenvalue weighted by Crippen LogP contribution is -2.30. The number of benzene rings is 2. The molecule has 0 atom stereocenters. The van der Waals surface area contributed by atoms with Crippen LogP contribution in [0.15, 0.2) is 48.5 Å². The zero-order valence-corrected chi connectivity index (χ0v) is 16.6. The Hall–Kier alpha value is -3.46. The number of nitrogens with zero attached hydrogens (tertiary/aromatic N) is 2. The highest BCUT2D eigenvalue weighted by Gasteiger charge is 2.14. The summed E-state index contributed by atoms with van der Waals surface area (Å²) in [6, 6.07) is 15.1. The monoisotopic (exact) mass is 391 g/mol. The van der Waals surface area contributed by atoms with Crippen LogP contribution in [-0.2, 0) is 4.79 Å². The van der Waals surface area contributed by atoms with Crippen LogP contribution in [0.5, 0.6) is 11.5 Å². The Labute approximate surface area is 171 Å². The van der Waals surface area contributed by atoms with E-state index in [-0.39, 0.29) is 12.5 Å². The number of nitrogens with one attached hydrogen (secondary N) is 1. The van der Waals surface area contributed by atoms with Gasteiger partial charge in [-0.15, -0.1) is 0 Å². The van der Waals surface area contributed by atoms with Crippen LogP contribution in [0.3, 0.4) is 0 Å². The maximum Gasteiger partial charge on any atom is 0.248 e. The lowest BCUT2D eigenvalue weighted by Gasteiger charge is -2.30. The summed E-state index contributed by atoms with van der Waals surface area (Å²) in [5.41, 5.74) is 2.68. The van der Waals surface area contributed by atoms with Gasteiger partial charge >= 0.3 is 0 Å². The van der Waals surface area contributed by atoms with Crippen LogP contribution in [0.4, 0.5) is 11.4 Å². The van der Waals surface area contributed by atoms with E-state index in [1.807, 2.05) is 24.3 Å². The molecule has 3 rings (SSSR count). The summed E-state index contributed by atoms with van der Waals surface area (Å²) in [7, 11) is 1.53. The highest BCUT2D eigenvalue weighted by molar-refractivity contribution is 6.03. The summed E-state index contributed by atoms with van der Waals surface area (Å²) in [5.74, 6) is 0.808. The lowest BCUT2D eigenvalue weighted by atomic mass is 10.1. The van der Waals surface area contributed by atoms with E-state index in [0.717, 1.165) is 30.0 Å². The molecule has 1 aliphatic rings. The summed E-state index contributed by atoms with van der Waals surface area (Å²) < 4.78 is 10.6. The fraction of sp³-hybridized carbons (Fsp3) is 0.304. The van der Waals surface area contributed by atoms with E-state index in [1.54, 1.807) is 24.3 Å². The van der Waals surface area contributed by atoms with Gasteiger partial charge < -0.3 is 19.7 Å². The predicted octanol–water partition coefficient (Wildman–Crippen LogP) is 4.24. The molecule has 1 N–H and O–H groups in total. The van der Waals surface area contributed by atoms with Crippen molar-refractivity contribution in [1.29, 1.82) is 5.26 Å². The Morgan fingerprint density at radius 3 is 2.72 bits per heavy atom. The fourth-order valence-corrected chi connectivity index (χ4v) is 3.35. The number of methoxy groups -OCH3 is 1. The van der Waals surface area contributed by atoms with E-state index in [1.165, 1.54) is 32.4 Å². The van der Waals surface area contributed by atoms with E-state index >= 15 is 0 Å². The zero-order valence-electron chi connectivity index (χ0n) is 16.6. The number of piperidine rings is 1. The second-order valence-electron chi connectivity index (χ2n) is 6.74. The minimum absolute atomic E-state index is 0.0512. The van der Waals surface area contributed by atoms with Crippen molar-refractivity contribution in [2.24, 2.45) is 0 Å². The van der Waals surface area contributed by atoms with Crippen molar-refractivity contribution in [3.05, 3.63) is 54.1 Å². The Morgan fingerprint density at radius 1 is 1.17 bits per heavy atom. The molecule has 1 aliphatic heterocycles. The quantitative estimate of drug-likeness (QED) is 0.715. The zero-order chi connectivity index (χ0) is 20.5. The molecule has 6 nitrogen and oxygen atoms in total. The van der Waals surface area contributed by atoms with Gasteiger partial charge in [-0.1, -0.05) is 18.2 Å². The third-order valence-electron chi connectivity index (χ3n) is 4.77. The van der Waals surface area contributed by atoms with Crippen molar-refractivity contribution in [2.45, 2.75) is 19.3 Å². The largest absolute Gasteiger partial charge is 0.493 e. The van der Waals surface area contributed by atoms with Gasteiger partial charge in [0.15, 0.2) is 18.1 Å². The molecule has 29 heavy (non-hydrogen) atoms. The molecule has 0 bridgehead atoms. The van der Waals surface area contributed by atoms with Crippen LogP contribution in [0.1, 0.15) is 24.8 Å². The van der Waals surface area contributed by atoms with Crippen molar-refractivity contribution in [1.82, 2.24) is 0 Å². The number of carbonyl (C=O) groups is 1. The van der Waals surface area contributed by atoms with Gasteiger partial charge in [0, 0.05) is 19.2 Å². The highest BCUT2D eigenvalue weighted by atomic mass is 16.5. The molecule has 0 aliphatic carbocycles.